The molecule has 0 amide bonds. The number of nitrogen functional groups attached to an aromatic ring is 1. The summed E-state index contributed by atoms with van der Waals surface area (Å²) < 4.78 is 23.4. The fraction of sp³-hybridized carbons (Fsp3) is 0.280. The lowest BCUT2D eigenvalue weighted by Crippen LogP contribution is -2.47. The highest BCUT2D eigenvalue weighted by Crippen LogP contribution is 2.29. The van der Waals surface area contributed by atoms with Gasteiger partial charge in [-0.3, -0.25) is 9.88 Å². The minimum absolute atomic E-state index is 0.236. The van der Waals surface area contributed by atoms with Crippen molar-refractivity contribution in [2.45, 2.75) is 13.5 Å². The van der Waals surface area contributed by atoms with Crippen LogP contribution in [0.4, 0.5) is 16.0 Å². The molecule has 7 rings (SSSR count). The standard InChI is InChI=1S/C25H24FN11O/c1-15-16-12-19(17(26)13-20(16)38-33-15)35-9-6-34(7-10-35)8-11-36-14-29-21-23(36)31-25(27)37-24(21)30-22(32-37)18-4-2-3-5-28-18/h2-5,12-14H,6-11H2,1H3,(H2,27,31). The van der Waals surface area contributed by atoms with Crippen molar-refractivity contribution in [2.75, 3.05) is 43.4 Å². The maximum absolute atomic E-state index is 14.7. The number of benzene rings is 1. The first-order valence-corrected chi connectivity index (χ1v) is 12.4. The maximum Gasteiger partial charge on any atom is 0.225 e. The van der Waals surface area contributed by atoms with Crippen LogP contribution in [0.3, 0.4) is 0 Å². The molecule has 0 spiro atoms. The molecule has 0 atom stereocenters. The number of fused-ring (bicyclic) bond motifs is 4. The number of hydrogen-bond acceptors (Lipinski definition) is 10. The Morgan fingerprint density at radius 3 is 2.71 bits per heavy atom. The zero-order valence-electron chi connectivity index (χ0n) is 20.6. The van der Waals surface area contributed by atoms with Crippen molar-refractivity contribution in [1.29, 1.82) is 0 Å². The maximum atomic E-state index is 14.7. The van der Waals surface area contributed by atoms with Gasteiger partial charge in [0, 0.05) is 56.9 Å². The minimum Gasteiger partial charge on any atom is -0.368 e. The van der Waals surface area contributed by atoms with E-state index in [1.165, 1.54) is 10.6 Å². The van der Waals surface area contributed by atoms with Gasteiger partial charge in [0.05, 0.1) is 17.7 Å². The van der Waals surface area contributed by atoms with Crippen molar-refractivity contribution in [2.24, 2.45) is 0 Å². The Kier molecular flexibility index (Phi) is 5.18. The van der Waals surface area contributed by atoms with E-state index in [9.17, 15) is 4.39 Å². The molecule has 2 N–H and O–H groups in total. The predicted molar refractivity (Wildman–Crippen MR) is 139 cm³/mol. The normalized spacial score (nSPS) is 14.8. The first-order chi connectivity index (χ1) is 18.5. The van der Waals surface area contributed by atoms with Gasteiger partial charge in [0.25, 0.3) is 0 Å². The van der Waals surface area contributed by atoms with E-state index in [0.29, 0.717) is 46.1 Å². The molecule has 6 heterocycles. The summed E-state index contributed by atoms with van der Waals surface area (Å²) in [5, 5.41) is 9.26. The van der Waals surface area contributed by atoms with Gasteiger partial charge in [-0.25, -0.2) is 14.4 Å². The fourth-order valence-corrected chi connectivity index (χ4v) is 4.97. The number of aromatic nitrogens is 8. The first-order valence-electron chi connectivity index (χ1n) is 12.4. The summed E-state index contributed by atoms with van der Waals surface area (Å²) in [6.07, 6.45) is 3.45. The molecule has 13 heteroatoms. The monoisotopic (exact) mass is 513 g/mol. The SMILES string of the molecule is Cc1noc2cc(F)c(N3CCN(CCn4cnc5c4nc(N)n4nc(-c6ccccn6)nc54)CC3)cc12. The average molecular weight is 514 g/mol. The molecule has 0 unspecified atom stereocenters. The van der Waals surface area contributed by atoms with Crippen LogP contribution in [0, 0.1) is 12.7 Å². The van der Waals surface area contributed by atoms with Gasteiger partial charge in [0.1, 0.15) is 11.5 Å². The van der Waals surface area contributed by atoms with E-state index >= 15 is 0 Å². The Morgan fingerprint density at radius 2 is 1.89 bits per heavy atom. The molecule has 0 bridgehead atoms. The summed E-state index contributed by atoms with van der Waals surface area (Å²) >= 11 is 0. The van der Waals surface area contributed by atoms with Crippen molar-refractivity contribution in [3.05, 3.63) is 54.4 Å². The number of nitrogens with zero attached hydrogens (tertiary/aromatic N) is 10. The van der Waals surface area contributed by atoms with E-state index in [1.807, 2.05) is 35.8 Å². The Hall–Kier alpha value is -4.65. The van der Waals surface area contributed by atoms with Crippen molar-refractivity contribution in [3.63, 3.8) is 0 Å². The van der Waals surface area contributed by atoms with Gasteiger partial charge in [-0.2, -0.15) is 9.50 Å². The van der Waals surface area contributed by atoms with Crippen LogP contribution in [0.1, 0.15) is 5.69 Å². The molecule has 0 aliphatic carbocycles. The third kappa shape index (κ3) is 3.70. The molecule has 0 radical (unpaired) electrons. The topological polar surface area (TPSA) is 132 Å². The lowest BCUT2D eigenvalue weighted by Gasteiger charge is -2.36. The summed E-state index contributed by atoms with van der Waals surface area (Å²) in [6.45, 7) is 6.40. The van der Waals surface area contributed by atoms with Gasteiger partial charge in [0.15, 0.2) is 22.4 Å². The van der Waals surface area contributed by atoms with E-state index < -0.39 is 0 Å². The lowest BCUT2D eigenvalue weighted by molar-refractivity contribution is 0.248. The third-order valence-electron chi connectivity index (χ3n) is 7.05. The summed E-state index contributed by atoms with van der Waals surface area (Å²) in [6, 6.07) is 8.82. The number of imidazole rings is 1. The van der Waals surface area contributed by atoms with E-state index in [1.54, 1.807) is 12.5 Å². The molecule has 6 aromatic rings. The second-order valence-corrected chi connectivity index (χ2v) is 9.36. The van der Waals surface area contributed by atoms with Gasteiger partial charge in [0.2, 0.25) is 11.8 Å². The molecule has 1 saturated heterocycles. The number of hydrogen-bond donors (Lipinski definition) is 1. The van der Waals surface area contributed by atoms with E-state index in [0.717, 1.165) is 43.8 Å². The van der Waals surface area contributed by atoms with Gasteiger partial charge in [-0.05, 0) is 25.1 Å². The predicted octanol–water partition coefficient (Wildman–Crippen LogP) is 2.53. The molecule has 12 nitrogen and oxygen atoms in total. The van der Waals surface area contributed by atoms with E-state index in [-0.39, 0.29) is 11.8 Å². The number of piperazine rings is 1. The molecule has 5 aromatic heterocycles. The number of rotatable bonds is 5. The summed E-state index contributed by atoms with van der Waals surface area (Å²) in [5.74, 6) is 0.412. The highest BCUT2D eigenvalue weighted by atomic mass is 19.1. The van der Waals surface area contributed by atoms with E-state index in [2.05, 4.69) is 40.0 Å². The molecular formula is C25H24FN11O. The van der Waals surface area contributed by atoms with Gasteiger partial charge in [-0.1, -0.05) is 11.2 Å². The molecule has 1 aromatic carbocycles. The fourth-order valence-electron chi connectivity index (χ4n) is 4.97. The van der Waals surface area contributed by atoms with E-state index in [4.69, 9.17) is 10.3 Å². The van der Waals surface area contributed by atoms with Crippen LogP contribution in [0.25, 0.3) is 39.3 Å². The number of pyridine rings is 1. The quantitative estimate of drug-likeness (QED) is 0.367. The van der Waals surface area contributed by atoms with Crippen LogP contribution in [-0.4, -0.2) is 76.9 Å². The minimum atomic E-state index is -0.290. The van der Waals surface area contributed by atoms with Crippen LogP contribution in [0.15, 0.2) is 47.4 Å². The average Bonchev–Trinajstić information content (AvgIpc) is 3.65. The number of anilines is 2. The molecule has 0 saturated carbocycles. The molecule has 1 fully saturated rings. The highest BCUT2D eigenvalue weighted by molar-refractivity contribution is 5.87. The van der Waals surface area contributed by atoms with Crippen LogP contribution in [0.5, 0.6) is 0 Å². The zero-order valence-corrected chi connectivity index (χ0v) is 20.6. The third-order valence-corrected chi connectivity index (χ3v) is 7.05. The first kappa shape index (κ1) is 22.5. The molecule has 192 valence electrons. The van der Waals surface area contributed by atoms with Gasteiger partial charge < -0.3 is 19.7 Å². The number of nitrogens with two attached hydrogens (primary N) is 1. The second-order valence-electron chi connectivity index (χ2n) is 9.36. The largest absolute Gasteiger partial charge is 0.368 e. The Morgan fingerprint density at radius 1 is 1.03 bits per heavy atom. The summed E-state index contributed by atoms with van der Waals surface area (Å²) in [4.78, 5) is 22.5. The molecule has 1 aliphatic rings. The number of halogens is 1. The van der Waals surface area contributed by atoms with Crippen LogP contribution < -0.4 is 10.6 Å². The molecule has 1 aliphatic heterocycles. The lowest BCUT2D eigenvalue weighted by atomic mass is 10.1. The van der Waals surface area contributed by atoms with Crippen LogP contribution in [-0.2, 0) is 6.54 Å². The van der Waals surface area contributed by atoms with Crippen molar-refractivity contribution in [1.82, 2.24) is 44.2 Å². The van der Waals surface area contributed by atoms with Crippen molar-refractivity contribution >= 4 is 39.4 Å². The van der Waals surface area contributed by atoms with Crippen LogP contribution >= 0.6 is 0 Å². The molecular weight excluding hydrogens is 489 g/mol. The van der Waals surface area contributed by atoms with Crippen molar-refractivity contribution < 1.29 is 8.91 Å². The van der Waals surface area contributed by atoms with Crippen molar-refractivity contribution in [3.8, 4) is 11.5 Å². The van der Waals surface area contributed by atoms with Crippen LogP contribution in [0.2, 0.25) is 0 Å². The Balaban J connectivity index is 1.07. The van der Waals surface area contributed by atoms with Gasteiger partial charge >= 0.3 is 0 Å². The Bertz CT molecular complexity index is 1780. The second kappa shape index (κ2) is 8.73. The van der Waals surface area contributed by atoms with Gasteiger partial charge in [-0.15, -0.1) is 5.10 Å². The zero-order chi connectivity index (χ0) is 25.8. The number of aryl methyl sites for hydroxylation is 1. The molecule has 38 heavy (non-hydrogen) atoms. The summed E-state index contributed by atoms with van der Waals surface area (Å²) in [5.41, 5.74) is 10.5. The Labute approximate surface area is 215 Å². The smallest absolute Gasteiger partial charge is 0.225 e. The highest BCUT2D eigenvalue weighted by Gasteiger charge is 2.22. The summed E-state index contributed by atoms with van der Waals surface area (Å²) in [7, 11) is 0.